The van der Waals surface area contributed by atoms with Crippen LogP contribution in [0.3, 0.4) is 0 Å². The smallest absolute Gasteiger partial charge is 0.326 e. The molecule has 0 saturated heterocycles. The van der Waals surface area contributed by atoms with E-state index in [1.165, 1.54) is 18.9 Å². The van der Waals surface area contributed by atoms with E-state index in [9.17, 15) is 9.59 Å². The molecule has 0 aromatic heterocycles. The van der Waals surface area contributed by atoms with Crippen LogP contribution in [0.25, 0.3) is 0 Å². The zero-order valence-electron chi connectivity index (χ0n) is 10.4. The van der Waals surface area contributed by atoms with Crippen LogP contribution in [-0.4, -0.2) is 35.0 Å². The van der Waals surface area contributed by atoms with Gasteiger partial charge in [-0.05, 0) is 31.0 Å². The van der Waals surface area contributed by atoms with Crippen LogP contribution in [0.1, 0.15) is 18.9 Å². The average molecular weight is 314 g/mol. The molecule has 98 valence electrons. The van der Waals surface area contributed by atoms with Gasteiger partial charge in [-0.3, -0.25) is 4.79 Å². The molecular weight excluding hydrogens is 298 g/mol. The molecule has 0 aliphatic heterocycles. The Morgan fingerprint density at radius 1 is 1.33 bits per heavy atom. The second-order valence-corrected chi connectivity index (χ2v) is 5.06. The first kappa shape index (κ1) is 14.7. The van der Waals surface area contributed by atoms with Gasteiger partial charge < -0.3 is 10.0 Å². The van der Waals surface area contributed by atoms with E-state index < -0.39 is 12.0 Å². The third kappa shape index (κ3) is 4.14. The standard InChI is InChI=1S/C13H16BrNO3/c1-9(13(17)18)15(2)12(16)8-5-10-3-6-11(14)7-4-10/h3-4,6-7,9H,5,8H2,1-2H3,(H,17,18). The van der Waals surface area contributed by atoms with Crippen molar-refractivity contribution in [1.29, 1.82) is 0 Å². The van der Waals surface area contributed by atoms with Gasteiger partial charge in [0.05, 0.1) is 0 Å². The molecule has 0 aliphatic carbocycles. The summed E-state index contributed by atoms with van der Waals surface area (Å²) in [5, 5.41) is 8.82. The van der Waals surface area contributed by atoms with Gasteiger partial charge in [-0.15, -0.1) is 0 Å². The van der Waals surface area contributed by atoms with Crippen molar-refractivity contribution >= 4 is 27.8 Å². The lowest BCUT2D eigenvalue weighted by molar-refractivity contribution is -0.148. The summed E-state index contributed by atoms with van der Waals surface area (Å²) >= 11 is 3.34. The number of hydrogen-bond donors (Lipinski definition) is 1. The number of amides is 1. The van der Waals surface area contributed by atoms with E-state index >= 15 is 0 Å². The van der Waals surface area contributed by atoms with E-state index in [4.69, 9.17) is 5.11 Å². The van der Waals surface area contributed by atoms with Gasteiger partial charge in [-0.2, -0.15) is 0 Å². The molecule has 1 atom stereocenters. The van der Waals surface area contributed by atoms with Crippen molar-refractivity contribution in [2.45, 2.75) is 25.8 Å². The normalized spacial score (nSPS) is 11.9. The maximum Gasteiger partial charge on any atom is 0.326 e. The van der Waals surface area contributed by atoms with Gasteiger partial charge in [0.15, 0.2) is 0 Å². The monoisotopic (exact) mass is 313 g/mol. The Labute approximate surface area is 115 Å². The summed E-state index contributed by atoms with van der Waals surface area (Å²) in [5.74, 6) is -1.15. The Kier molecular flexibility index (Phi) is 5.34. The molecule has 1 aromatic carbocycles. The van der Waals surface area contributed by atoms with Crippen LogP contribution >= 0.6 is 15.9 Å². The number of rotatable bonds is 5. The van der Waals surface area contributed by atoms with Crippen molar-refractivity contribution in [3.05, 3.63) is 34.3 Å². The van der Waals surface area contributed by atoms with Crippen molar-refractivity contribution in [2.75, 3.05) is 7.05 Å². The lowest BCUT2D eigenvalue weighted by Crippen LogP contribution is -2.40. The van der Waals surface area contributed by atoms with E-state index in [1.54, 1.807) is 0 Å². The second-order valence-electron chi connectivity index (χ2n) is 4.15. The summed E-state index contributed by atoms with van der Waals surface area (Å²) in [6.45, 7) is 1.50. The van der Waals surface area contributed by atoms with Gasteiger partial charge in [0.25, 0.3) is 0 Å². The predicted molar refractivity (Wildman–Crippen MR) is 72.3 cm³/mol. The van der Waals surface area contributed by atoms with Gasteiger partial charge in [0.1, 0.15) is 6.04 Å². The Balaban J connectivity index is 2.50. The molecule has 0 fully saturated rings. The summed E-state index contributed by atoms with van der Waals surface area (Å²) in [5.41, 5.74) is 1.06. The molecule has 1 unspecified atom stereocenters. The first-order chi connectivity index (χ1) is 8.41. The molecule has 1 N–H and O–H groups in total. The Bertz CT molecular complexity index is 430. The first-order valence-corrected chi connectivity index (χ1v) is 6.44. The van der Waals surface area contributed by atoms with Gasteiger partial charge in [-0.25, -0.2) is 4.79 Å². The van der Waals surface area contributed by atoms with Crippen molar-refractivity contribution in [2.24, 2.45) is 0 Å². The minimum atomic E-state index is -0.991. The van der Waals surface area contributed by atoms with Crippen LogP contribution in [0, 0.1) is 0 Å². The number of carboxylic acid groups (broad SMARTS) is 1. The number of aryl methyl sites for hydroxylation is 1. The van der Waals surface area contributed by atoms with Crippen LogP contribution in [0.15, 0.2) is 28.7 Å². The number of carbonyl (C=O) groups excluding carboxylic acids is 1. The van der Waals surface area contributed by atoms with Crippen molar-refractivity contribution in [3.63, 3.8) is 0 Å². The highest BCUT2D eigenvalue weighted by atomic mass is 79.9. The van der Waals surface area contributed by atoms with Crippen LogP contribution in [0.4, 0.5) is 0 Å². The van der Waals surface area contributed by atoms with E-state index in [0.717, 1.165) is 10.0 Å². The molecule has 1 amide bonds. The van der Waals surface area contributed by atoms with E-state index in [2.05, 4.69) is 15.9 Å². The minimum absolute atomic E-state index is 0.159. The molecule has 5 heteroatoms. The number of nitrogens with zero attached hydrogens (tertiary/aromatic N) is 1. The van der Waals surface area contributed by atoms with E-state index in [-0.39, 0.29) is 5.91 Å². The Hall–Kier alpha value is -1.36. The minimum Gasteiger partial charge on any atom is -0.480 e. The van der Waals surface area contributed by atoms with Gasteiger partial charge in [-0.1, -0.05) is 28.1 Å². The van der Waals surface area contributed by atoms with Gasteiger partial charge in [0.2, 0.25) is 5.91 Å². The highest BCUT2D eigenvalue weighted by Crippen LogP contribution is 2.12. The molecule has 0 spiro atoms. The lowest BCUT2D eigenvalue weighted by atomic mass is 10.1. The number of likely N-dealkylation sites (N-methyl/N-ethyl adjacent to an activating group) is 1. The summed E-state index contributed by atoms with van der Waals surface area (Å²) in [4.78, 5) is 23.8. The maximum atomic E-state index is 11.8. The average Bonchev–Trinajstić information content (AvgIpc) is 2.35. The zero-order chi connectivity index (χ0) is 13.7. The fraction of sp³-hybridized carbons (Fsp3) is 0.385. The summed E-state index contributed by atoms with van der Waals surface area (Å²) in [6.07, 6.45) is 0.929. The summed E-state index contributed by atoms with van der Waals surface area (Å²) in [6, 6.07) is 6.94. The summed E-state index contributed by atoms with van der Waals surface area (Å²) in [7, 11) is 1.52. The number of halogens is 1. The number of benzene rings is 1. The number of aliphatic carboxylic acids is 1. The molecule has 0 heterocycles. The fourth-order valence-electron chi connectivity index (χ4n) is 1.46. The van der Waals surface area contributed by atoms with E-state index in [0.29, 0.717) is 12.8 Å². The zero-order valence-corrected chi connectivity index (χ0v) is 12.0. The molecule has 0 bridgehead atoms. The molecule has 1 aromatic rings. The van der Waals surface area contributed by atoms with Crippen molar-refractivity contribution in [1.82, 2.24) is 4.90 Å². The second kappa shape index (κ2) is 6.54. The number of carboxylic acids is 1. The molecule has 18 heavy (non-hydrogen) atoms. The Morgan fingerprint density at radius 2 is 1.89 bits per heavy atom. The van der Waals surface area contributed by atoms with Crippen LogP contribution in [-0.2, 0) is 16.0 Å². The maximum absolute atomic E-state index is 11.8. The molecule has 1 rings (SSSR count). The highest BCUT2D eigenvalue weighted by molar-refractivity contribution is 9.10. The third-order valence-electron chi connectivity index (χ3n) is 2.87. The summed E-state index contributed by atoms with van der Waals surface area (Å²) < 4.78 is 0.995. The largest absolute Gasteiger partial charge is 0.480 e. The number of hydrogen-bond acceptors (Lipinski definition) is 2. The SMILES string of the molecule is CC(C(=O)O)N(C)C(=O)CCc1ccc(Br)cc1. The van der Waals surface area contributed by atoms with E-state index in [1.807, 2.05) is 24.3 Å². The van der Waals surface area contributed by atoms with Gasteiger partial charge >= 0.3 is 5.97 Å². The van der Waals surface area contributed by atoms with Crippen LogP contribution in [0.5, 0.6) is 0 Å². The van der Waals surface area contributed by atoms with Crippen molar-refractivity contribution < 1.29 is 14.7 Å². The topological polar surface area (TPSA) is 57.6 Å². The van der Waals surface area contributed by atoms with Crippen LogP contribution in [0.2, 0.25) is 0 Å². The van der Waals surface area contributed by atoms with Crippen molar-refractivity contribution in [3.8, 4) is 0 Å². The molecule has 0 radical (unpaired) electrons. The first-order valence-electron chi connectivity index (χ1n) is 5.64. The molecular formula is C13H16BrNO3. The Morgan fingerprint density at radius 3 is 2.39 bits per heavy atom. The highest BCUT2D eigenvalue weighted by Gasteiger charge is 2.20. The fourth-order valence-corrected chi connectivity index (χ4v) is 1.72. The number of carbonyl (C=O) groups is 2. The third-order valence-corrected chi connectivity index (χ3v) is 3.40. The molecule has 4 nitrogen and oxygen atoms in total. The van der Waals surface area contributed by atoms with Crippen LogP contribution < -0.4 is 0 Å². The molecule has 0 saturated carbocycles. The molecule has 0 aliphatic rings. The predicted octanol–water partition coefficient (Wildman–Crippen LogP) is 2.31. The lowest BCUT2D eigenvalue weighted by Gasteiger charge is -2.21. The quantitative estimate of drug-likeness (QED) is 0.907. The van der Waals surface area contributed by atoms with Gasteiger partial charge in [0, 0.05) is 17.9 Å².